The van der Waals surface area contributed by atoms with Crippen LogP contribution in [-0.4, -0.2) is 0 Å². The number of benzene rings is 1. The van der Waals surface area contributed by atoms with E-state index in [1.807, 2.05) is 25.1 Å². The minimum atomic E-state index is -0.165. The molecule has 1 unspecified atom stereocenters. The van der Waals surface area contributed by atoms with E-state index in [0.29, 0.717) is 5.92 Å². The van der Waals surface area contributed by atoms with Crippen molar-refractivity contribution in [2.45, 2.75) is 26.2 Å². The van der Waals surface area contributed by atoms with Crippen molar-refractivity contribution in [3.05, 3.63) is 47.8 Å². The highest BCUT2D eigenvalue weighted by Crippen LogP contribution is 2.19. The molecule has 0 aliphatic heterocycles. The van der Waals surface area contributed by atoms with Crippen LogP contribution in [0.25, 0.3) is 0 Å². The molecule has 70 valence electrons. The molecule has 0 saturated heterocycles. The van der Waals surface area contributed by atoms with Gasteiger partial charge >= 0.3 is 0 Å². The largest absolute Gasteiger partial charge is 0.207 e. The zero-order valence-corrected chi connectivity index (χ0v) is 8.13. The molecule has 0 radical (unpaired) electrons. The molecular formula is C12H15F. The fourth-order valence-electron chi connectivity index (χ4n) is 1.27. The van der Waals surface area contributed by atoms with E-state index in [9.17, 15) is 4.39 Å². The van der Waals surface area contributed by atoms with E-state index in [4.69, 9.17) is 0 Å². The molecule has 0 heterocycles. The molecule has 0 aliphatic rings. The predicted molar refractivity (Wildman–Crippen MR) is 54.2 cm³/mol. The second-order valence-corrected chi connectivity index (χ2v) is 3.26. The maximum absolute atomic E-state index is 12.6. The molecule has 0 aliphatic carbocycles. The fourth-order valence-corrected chi connectivity index (χ4v) is 1.27. The molecule has 1 atom stereocenters. The highest BCUT2D eigenvalue weighted by molar-refractivity contribution is 5.20. The van der Waals surface area contributed by atoms with Gasteiger partial charge < -0.3 is 0 Å². The van der Waals surface area contributed by atoms with E-state index in [1.165, 1.54) is 17.7 Å². The maximum atomic E-state index is 12.6. The van der Waals surface area contributed by atoms with Crippen LogP contribution < -0.4 is 0 Å². The Bertz CT molecular complexity index is 272. The SMILES string of the molecule is C/C=C\CC(C)c1ccc(F)cc1. The van der Waals surface area contributed by atoms with Crippen molar-refractivity contribution in [3.63, 3.8) is 0 Å². The van der Waals surface area contributed by atoms with E-state index in [1.54, 1.807) is 0 Å². The third kappa shape index (κ3) is 3.02. The molecule has 0 saturated carbocycles. The Morgan fingerprint density at radius 2 is 1.92 bits per heavy atom. The summed E-state index contributed by atoms with van der Waals surface area (Å²) in [5.74, 6) is 0.304. The number of hydrogen-bond donors (Lipinski definition) is 0. The Hall–Kier alpha value is -1.11. The van der Waals surface area contributed by atoms with Crippen LogP contribution in [0.15, 0.2) is 36.4 Å². The molecule has 1 aromatic carbocycles. The Labute approximate surface area is 79.1 Å². The summed E-state index contributed by atoms with van der Waals surface area (Å²) in [5, 5.41) is 0. The zero-order chi connectivity index (χ0) is 9.68. The van der Waals surface area contributed by atoms with Gasteiger partial charge in [0.25, 0.3) is 0 Å². The topological polar surface area (TPSA) is 0 Å². The van der Waals surface area contributed by atoms with Gasteiger partial charge in [0.1, 0.15) is 5.82 Å². The van der Waals surface area contributed by atoms with Gasteiger partial charge in [0.05, 0.1) is 0 Å². The molecule has 13 heavy (non-hydrogen) atoms. The summed E-state index contributed by atoms with van der Waals surface area (Å²) in [6, 6.07) is 6.73. The summed E-state index contributed by atoms with van der Waals surface area (Å²) in [5.41, 5.74) is 1.19. The molecule has 0 spiro atoms. The molecule has 0 nitrogen and oxygen atoms in total. The zero-order valence-electron chi connectivity index (χ0n) is 8.13. The summed E-state index contributed by atoms with van der Waals surface area (Å²) in [7, 11) is 0. The number of rotatable bonds is 3. The van der Waals surface area contributed by atoms with Gasteiger partial charge in [-0.2, -0.15) is 0 Å². The van der Waals surface area contributed by atoms with Gasteiger partial charge in [-0.25, -0.2) is 4.39 Å². The van der Waals surface area contributed by atoms with Crippen molar-refractivity contribution in [1.82, 2.24) is 0 Å². The monoisotopic (exact) mass is 178 g/mol. The lowest BCUT2D eigenvalue weighted by Crippen LogP contribution is -1.91. The average Bonchev–Trinajstić information content (AvgIpc) is 2.15. The van der Waals surface area contributed by atoms with Crippen molar-refractivity contribution >= 4 is 0 Å². The van der Waals surface area contributed by atoms with Crippen LogP contribution in [0, 0.1) is 5.82 Å². The smallest absolute Gasteiger partial charge is 0.123 e. The summed E-state index contributed by atoms with van der Waals surface area (Å²) in [6.07, 6.45) is 5.19. The van der Waals surface area contributed by atoms with Crippen molar-refractivity contribution in [3.8, 4) is 0 Å². The quantitative estimate of drug-likeness (QED) is 0.616. The number of allylic oxidation sites excluding steroid dienone is 2. The minimum Gasteiger partial charge on any atom is -0.207 e. The average molecular weight is 178 g/mol. The van der Waals surface area contributed by atoms with Crippen molar-refractivity contribution in [2.75, 3.05) is 0 Å². The fraction of sp³-hybridized carbons (Fsp3) is 0.333. The van der Waals surface area contributed by atoms with Gasteiger partial charge in [-0.3, -0.25) is 0 Å². The molecule has 0 N–H and O–H groups in total. The van der Waals surface area contributed by atoms with Gasteiger partial charge in [-0.15, -0.1) is 0 Å². The van der Waals surface area contributed by atoms with E-state index >= 15 is 0 Å². The molecule has 0 fully saturated rings. The van der Waals surface area contributed by atoms with Gasteiger partial charge in [0.15, 0.2) is 0 Å². The second-order valence-electron chi connectivity index (χ2n) is 3.26. The highest BCUT2D eigenvalue weighted by Gasteiger charge is 2.02. The highest BCUT2D eigenvalue weighted by atomic mass is 19.1. The molecule has 0 aromatic heterocycles. The van der Waals surface area contributed by atoms with Crippen LogP contribution in [0.1, 0.15) is 31.7 Å². The van der Waals surface area contributed by atoms with Crippen LogP contribution in [0.2, 0.25) is 0 Å². The predicted octanol–water partition coefficient (Wildman–Crippen LogP) is 3.90. The van der Waals surface area contributed by atoms with E-state index < -0.39 is 0 Å². The first-order chi connectivity index (χ1) is 6.24. The van der Waals surface area contributed by atoms with Gasteiger partial charge in [0.2, 0.25) is 0 Å². The Kier molecular flexibility index (Phi) is 3.69. The lowest BCUT2D eigenvalue weighted by molar-refractivity contribution is 0.625. The van der Waals surface area contributed by atoms with Crippen LogP contribution in [0.4, 0.5) is 4.39 Å². The number of halogens is 1. The van der Waals surface area contributed by atoms with Crippen LogP contribution >= 0.6 is 0 Å². The first-order valence-corrected chi connectivity index (χ1v) is 4.60. The van der Waals surface area contributed by atoms with E-state index in [2.05, 4.69) is 13.0 Å². The Morgan fingerprint density at radius 3 is 2.46 bits per heavy atom. The molecule has 1 rings (SSSR count). The second kappa shape index (κ2) is 4.80. The van der Waals surface area contributed by atoms with Crippen molar-refractivity contribution in [1.29, 1.82) is 0 Å². The van der Waals surface area contributed by atoms with E-state index in [-0.39, 0.29) is 5.82 Å². The van der Waals surface area contributed by atoms with Crippen LogP contribution in [-0.2, 0) is 0 Å². The molecular weight excluding hydrogens is 163 g/mol. The van der Waals surface area contributed by atoms with Gasteiger partial charge in [-0.1, -0.05) is 31.2 Å². The lowest BCUT2D eigenvalue weighted by Gasteiger charge is -2.08. The van der Waals surface area contributed by atoms with E-state index in [0.717, 1.165) is 6.42 Å². The molecule has 1 aromatic rings. The summed E-state index contributed by atoms with van der Waals surface area (Å²) in [4.78, 5) is 0. The summed E-state index contributed by atoms with van der Waals surface area (Å²) >= 11 is 0. The third-order valence-corrected chi connectivity index (χ3v) is 2.16. The van der Waals surface area contributed by atoms with Crippen molar-refractivity contribution < 1.29 is 4.39 Å². The summed E-state index contributed by atoms with van der Waals surface area (Å²) < 4.78 is 12.6. The first kappa shape index (κ1) is 9.97. The third-order valence-electron chi connectivity index (χ3n) is 2.16. The minimum absolute atomic E-state index is 0.165. The lowest BCUT2D eigenvalue weighted by atomic mass is 9.98. The van der Waals surface area contributed by atoms with Crippen molar-refractivity contribution in [2.24, 2.45) is 0 Å². The number of hydrogen-bond acceptors (Lipinski definition) is 0. The van der Waals surface area contributed by atoms with Crippen LogP contribution in [0.3, 0.4) is 0 Å². The molecule has 0 bridgehead atoms. The molecule has 1 heteroatoms. The Balaban J connectivity index is 2.66. The normalized spacial score (nSPS) is 13.5. The van der Waals surface area contributed by atoms with Gasteiger partial charge in [-0.05, 0) is 37.0 Å². The maximum Gasteiger partial charge on any atom is 0.123 e. The van der Waals surface area contributed by atoms with Crippen LogP contribution in [0.5, 0.6) is 0 Å². The standard InChI is InChI=1S/C12H15F/c1-3-4-5-10(2)11-6-8-12(13)9-7-11/h3-4,6-10H,5H2,1-2H3/b4-3-. The summed E-state index contributed by atoms with van der Waals surface area (Å²) in [6.45, 7) is 4.16. The Morgan fingerprint density at radius 1 is 1.31 bits per heavy atom. The first-order valence-electron chi connectivity index (χ1n) is 4.60. The van der Waals surface area contributed by atoms with Gasteiger partial charge in [0, 0.05) is 0 Å². The molecule has 0 amide bonds.